The Kier molecular flexibility index (Phi) is 1.40. The highest BCUT2D eigenvalue weighted by molar-refractivity contribution is 3.89. The zero-order chi connectivity index (χ0) is 4.28. The van der Waals surface area contributed by atoms with Crippen molar-refractivity contribution in [1.82, 2.24) is 5.23 Å². The number of nitrogens with one attached hydrogen (secondary N) is 1. The summed E-state index contributed by atoms with van der Waals surface area (Å²) < 4.78 is 0. The predicted octanol–water partition coefficient (Wildman–Crippen LogP) is -1.02. The summed E-state index contributed by atoms with van der Waals surface area (Å²) in [7, 11) is 0. The molecule has 0 rings (SSSR count). The second-order valence-corrected chi connectivity index (χ2v) is 0.480. The Bertz CT molecular complexity index is 27.0. The van der Waals surface area contributed by atoms with Crippen LogP contribution in [0.3, 0.4) is 0 Å². The van der Waals surface area contributed by atoms with Crippen molar-refractivity contribution in [2.75, 3.05) is 0 Å². The van der Waals surface area contributed by atoms with Gasteiger partial charge in [-0.2, -0.15) is 5.53 Å². The molecule has 5 heavy (non-hydrogen) atoms. The highest BCUT2D eigenvalue weighted by Crippen LogP contribution is 1.51. The first-order valence-corrected chi connectivity index (χ1v) is 0.940. The van der Waals surface area contributed by atoms with Crippen LogP contribution in [-0.2, 0) is 0 Å². The van der Waals surface area contributed by atoms with E-state index in [0.717, 1.165) is 0 Å². The minimum absolute atomic E-state index is 0.417. The van der Waals surface area contributed by atoms with Gasteiger partial charge in [0.05, 0.1) is 0 Å². The van der Waals surface area contributed by atoms with Gasteiger partial charge in [0.15, 0.2) is 0 Å². The van der Waals surface area contributed by atoms with Gasteiger partial charge in [0.1, 0.15) is 0 Å². The number of hydrogen-bond acceptors (Lipinski definition) is 4. The van der Waals surface area contributed by atoms with E-state index in [1.165, 1.54) is 0 Å². The molecule has 30 valence electrons. The maximum absolute atomic E-state index is 5.96. The molecule has 0 aromatic heterocycles. The average molecular weight is 75.1 g/mol. The molecule has 0 atom stereocenters. The molecule has 0 aromatic carbocycles. The first-order chi connectivity index (χ1) is 2.27. The van der Waals surface area contributed by atoms with E-state index in [9.17, 15) is 0 Å². The fourth-order valence-electron chi connectivity index (χ4n) is 0. The molecule has 5 nitrogen and oxygen atoms in total. The molecule has 0 aliphatic rings. The van der Waals surface area contributed by atoms with Gasteiger partial charge in [0.25, 0.3) is 0 Å². The second kappa shape index (κ2) is 1.62. The molecule has 0 unspecified atom stereocenters. The molecule has 0 spiro atoms. The third-order valence-corrected chi connectivity index (χ3v) is 0.115. The summed E-state index contributed by atoms with van der Waals surface area (Å²) in [6.45, 7) is 0. The lowest BCUT2D eigenvalue weighted by atomic mass is 12.2. The van der Waals surface area contributed by atoms with Crippen molar-refractivity contribution < 1.29 is 0 Å². The predicted molar refractivity (Wildman–Crippen MR) is 15.4 cm³/mol. The van der Waals surface area contributed by atoms with E-state index in [1.54, 1.807) is 0 Å². The number of hydrazine groups is 2. The molecule has 0 radical (unpaired) electrons. The lowest BCUT2D eigenvalue weighted by molar-refractivity contribution is 0.279. The van der Waals surface area contributed by atoms with Crippen LogP contribution in [0, 0.1) is 5.53 Å². The molecule has 0 aliphatic heterocycles. The third-order valence-electron chi connectivity index (χ3n) is 0.115. The van der Waals surface area contributed by atoms with Gasteiger partial charge in [0.2, 0.25) is 0 Å². The summed E-state index contributed by atoms with van der Waals surface area (Å²) in [5.41, 5.74) is 5.96. The first-order valence-electron chi connectivity index (χ1n) is 0.940. The van der Waals surface area contributed by atoms with E-state index in [4.69, 9.17) is 5.53 Å². The Balaban J connectivity index is 2.83. The van der Waals surface area contributed by atoms with Gasteiger partial charge in [-0.25, -0.2) is 11.7 Å². The van der Waals surface area contributed by atoms with Crippen LogP contribution in [0.1, 0.15) is 0 Å². The highest BCUT2D eigenvalue weighted by Gasteiger charge is 1.64. The molecule has 0 heterocycles. The van der Waals surface area contributed by atoms with Gasteiger partial charge in [-0.05, 0) is 5.22 Å². The Morgan fingerprint density at radius 3 is 1.80 bits per heavy atom. The molecule has 0 aromatic rings. The number of nitrogens with zero attached hydrogens (tertiary/aromatic N) is 2. The zero-order valence-electron chi connectivity index (χ0n) is 2.55. The summed E-state index contributed by atoms with van der Waals surface area (Å²) in [6, 6.07) is 0. The molecular weight excluding hydrogens is 70.0 g/mol. The monoisotopic (exact) mass is 75.1 g/mol. The topological polar surface area (TPSA) is 91.5 Å². The number of rotatable bonds is 1. The quantitative estimate of drug-likeness (QED) is 0.211. The van der Waals surface area contributed by atoms with Crippen molar-refractivity contribution in [3.8, 4) is 0 Å². The lowest BCUT2D eigenvalue weighted by Gasteiger charge is -1.93. The molecule has 0 saturated carbocycles. The van der Waals surface area contributed by atoms with Crippen LogP contribution in [0.15, 0.2) is 5.22 Å². The van der Waals surface area contributed by atoms with Crippen molar-refractivity contribution in [3.05, 3.63) is 0 Å². The summed E-state index contributed by atoms with van der Waals surface area (Å²) in [5, 5.41) is 2.94. The maximum atomic E-state index is 5.96. The second-order valence-electron chi connectivity index (χ2n) is 0.480. The van der Waals surface area contributed by atoms with E-state index >= 15 is 0 Å². The zero-order valence-corrected chi connectivity index (χ0v) is 2.55. The first kappa shape index (κ1) is 4.32. The van der Waals surface area contributed by atoms with Crippen LogP contribution in [0.2, 0.25) is 0 Å². The summed E-state index contributed by atoms with van der Waals surface area (Å²) >= 11 is 0. The molecule has 0 aliphatic carbocycles. The van der Waals surface area contributed by atoms with Gasteiger partial charge in [-0.15, -0.1) is 5.23 Å². The van der Waals surface area contributed by atoms with E-state index < -0.39 is 0 Å². The van der Waals surface area contributed by atoms with Gasteiger partial charge in [-0.1, -0.05) is 0 Å². The number of hydrogen-bond donors (Lipinski definition) is 3. The molecule has 0 saturated heterocycles. The van der Waals surface area contributed by atoms with E-state index in [-0.39, 0.29) is 0 Å². The Hall–Kier alpha value is -0.680. The van der Waals surface area contributed by atoms with Crippen molar-refractivity contribution in [3.63, 3.8) is 0 Å². The van der Waals surface area contributed by atoms with Crippen molar-refractivity contribution in [1.29, 1.82) is 5.53 Å². The van der Waals surface area contributed by atoms with Crippen LogP contribution < -0.4 is 11.7 Å². The van der Waals surface area contributed by atoms with Crippen LogP contribution in [0.25, 0.3) is 0 Å². The fraction of sp³-hybridized carbons (Fsp3) is 0. The van der Waals surface area contributed by atoms with Crippen LogP contribution in [-0.4, -0.2) is 5.23 Å². The minimum Gasteiger partial charge on any atom is -0.214 e. The fourth-order valence-corrected chi connectivity index (χ4v) is 0. The van der Waals surface area contributed by atoms with Gasteiger partial charge in [-0.3, -0.25) is 0 Å². The highest BCUT2D eigenvalue weighted by atomic mass is 15.8. The van der Waals surface area contributed by atoms with E-state index in [1.807, 2.05) is 0 Å². The normalized spacial score (nSPS) is 6.80. The van der Waals surface area contributed by atoms with Crippen molar-refractivity contribution in [2.45, 2.75) is 0 Å². The summed E-state index contributed by atoms with van der Waals surface area (Å²) in [4.78, 5) is 0. The van der Waals surface area contributed by atoms with Crippen LogP contribution >= 0.6 is 0 Å². The van der Waals surface area contributed by atoms with Crippen molar-refractivity contribution in [2.24, 2.45) is 16.9 Å². The minimum atomic E-state index is 0.417. The molecule has 0 amide bonds. The Morgan fingerprint density at radius 2 is 1.80 bits per heavy atom. The van der Waals surface area contributed by atoms with Crippen molar-refractivity contribution >= 4 is 0 Å². The summed E-state index contributed by atoms with van der Waals surface area (Å²) in [6.07, 6.45) is 0. The molecule has 0 fully saturated rings. The average Bonchev–Trinajstić information content (AvgIpc) is 1.38. The molecule has 5 heteroatoms. The molecular formula is H5N5. The SMILES string of the molecule is N=NN(N)N. The smallest absolute Gasteiger partial charge is 0.0476 e. The molecule has 0 bridgehead atoms. The lowest BCUT2D eigenvalue weighted by Crippen LogP contribution is -2.31. The van der Waals surface area contributed by atoms with Gasteiger partial charge in [0, 0.05) is 0 Å². The largest absolute Gasteiger partial charge is 0.214 e. The van der Waals surface area contributed by atoms with Crippen LogP contribution in [0.4, 0.5) is 0 Å². The Morgan fingerprint density at radius 1 is 1.60 bits per heavy atom. The Labute approximate surface area is 29.0 Å². The van der Waals surface area contributed by atoms with Gasteiger partial charge < -0.3 is 0 Å². The summed E-state index contributed by atoms with van der Waals surface area (Å²) in [5.74, 6) is 9.10. The van der Waals surface area contributed by atoms with Crippen LogP contribution in [0.5, 0.6) is 0 Å². The number of nitrogens with two attached hydrogens (primary N) is 2. The third kappa shape index (κ3) is 3.32. The maximum Gasteiger partial charge on any atom is -0.0476 e. The van der Waals surface area contributed by atoms with E-state index in [2.05, 4.69) is 16.9 Å². The standard InChI is InChI=1S/H5N5/c1-4-5(2)3/h1H,2-3H2. The molecule has 5 N–H and O–H groups in total. The van der Waals surface area contributed by atoms with Gasteiger partial charge >= 0.3 is 0 Å². The van der Waals surface area contributed by atoms with E-state index in [0.29, 0.717) is 5.23 Å².